The van der Waals surface area contributed by atoms with E-state index in [0.29, 0.717) is 0 Å². The number of para-hydroxylation sites is 1. The fourth-order valence-electron chi connectivity index (χ4n) is 2.46. The van der Waals surface area contributed by atoms with Crippen LogP contribution < -0.4 is 0 Å². The molecule has 1 aliphatic rings. The van der Waals surface area contributed by atoms with Crippen molar-refractivity contribution in [3.63, 3.8) is 0 Å². The summed E-state index contributed by atoms with van der Waals surface area (Å²) in [5.41, 5.74) is 1.00. The van der Waals surface area contributed by atoms with E-state index in [-0.39, 0.29) is 5.25 Å². The minimum atomic E-state index is 0.260. The summed E-state index contributed by atoms with van der Waals surface area (Å²) in [5.74, 6) is 1.97. The van der Waals surface area contributed by atoms with Crippen LogP contribution in [0.15, 0.2) is 30.3 Å². The molecule has 6 nitrogen and oxygen atoms in total. The lowest BCUT2D eigenvalue weighted by Crippen LogP contribution is -2.37. The minimum absolute atomic E-state index is 0.260. The van der Waals surface area contributed by atoms with Gasteiger partial charge in [-0.05, 0) is 29.5 Å². The van der Waals surface area contributed by atoms with Crippen molar-refractivity contribution in [3.8, 4) is 5.69 Å². The summed E-state index contributed by atoms with van der Waals surface area (Å²) in [6.45, 7) is 7.03. The number of aromatic nitrogens is 4. The van der Waals surface area contributed by atoms with Gasteiger partial charge in [0.05, 0.1) is 24.2 Å². The van der Waals surface area contributed by atoms with Crippen LogP contribution in [0.3, 0.4) is 0 Å². The first-order valence-corrected chi connectivity index (χ1v) is 8.65. The van der Waals surface area contributed by atoms with Gasteiger partial charge in [-0.3, -0.25) is 4.90 Å². The van der Waals surface area contributed by atoms with E-state index in [1.54, 1.807) is 0 Å². The molecular weight excluding hydrogens is 298 g/mol. The lowest BCUT2D eigenvalue weighted by Gasteiger charge is -2.26. The molecule has 0 amide bonds. The largest absolute Gasteiger partial charge is 0.379 e. The fraction of sp³-hybridized carbons (Fsp3) is 0.533. The molecule has 1 atom stereocenters. The summed E-state index contributed by atoms with van der Waals surface area (Å²) in [7, 11) is 0. The van der Waals surface area contributed by atoms with E-state index in [1.165, 1.54) is 0 Å². The molecular formula is C15H21N5OS. The lowest BCUT2D eigenvalue weighted by atomic mass is 10.3. The number of nitrogens with zero attached hydrogens (tertiary/aromatic N) is 5. The fourth-order valence-corrected chi connectivity index (χ4v) is 3.47. The second kappa shape index (κ2) is 7.71. The molecule has 2 aromatic rings. The number of tetrazole rings is 1. The van der Waals surface area contributed by atoms with Crippen LogP contribution in [-0.2, 0) is 4.74 Å². The number of ether oxygens (including phenoxy) is 1. The van der Waals surface area contributed by atoms with Crippen molar-refractivity contribution < 1.29 is 4.74 Å². The van der Waals surface area contributed by atoms with Gasteiger partial charge in [-0.1, -0.05) is 18.2 Å². The molecule has 0 spiro atoms. The van der Waals surface area contributed by atoms with Crippen molar-refractivity contribution >= 4 is 11.8 Å². The summed E-state index contributed by atoms with van der Waals surface area (Å²) >= 11 is 1.89. The Labute approximate surface area is 134 Å². The number of rotatable bonds is 6. The lowest BCUT2D eigenvalue weighted by molar-refractivity contribution is 0.0410. The van der Waals surface area contributed by atoms with Crippen LogP contribution in [0, 0.1) is 0 Å². The third-order valence-electron chi connectivity index (χ3n) is 3.74. The van der Waals surface area contributed by atoms with Gasteiger partial charge in [0.15, 0.2) is 5.82 Å². The first-order valence-electron chi connectivity index (χ1n) is 7.60. The Hall–Kier alpha value is -1.44. The van der Waals surface area contributed by atoms with E-state index >= 15 is 0 Å². The van der Waals surface area contributed by atoms with E-state index in [9.17, 15) is 0 Å². The number of thioether (sulfide) groups is 1. The Morgan fingerprint density at radius 3 is 2.77 bits per heavy atom. The van der Waals surface area contributed by atoms with Crippen LogP contribution in [0.5, 0.6) is 0 Å². The van der Waals surface area contributed by atoms with Crippen LogP contribution in [0.4, 0.5) is 0 Å². The highest BCUT2D eigenvalue weighted by molar-refractivity contribution is 7.99. The van der Waals surface area contributed by atoms with Crippen molar-refractivity contribution in [1.29, 1.82) is 0 Å². The maximum Gasteiger partial charge on any atom is 0.169 e. The van der Waals surface area contributed by atoms with Gasteiger partial charge < -0.3 is 4.74 Å². The highest BCUT2D eigenvalue weighted by Crippen LogP contribution is 2.27. The molecule has 1 aliphatic heterocycles. The summed E-state index contributed by atoms with van der Waals surface area (Å²) in [5, 5.41) is 12.4. The average molecular weight is 319 g/mol. The zero-order valence-corrected chi connectivity index (χ0v) is 13.6. The molecule has 0 bridgehead atoms. The molecule has 118 valence electrons. The van der Waals surface area contributed by atoms with Crippen molar-refractivity contribution in [2.75, 3.05) is 38.6 Å². The number of benzene rings is 1. The average Bonchev–Trinajstić information content (AvgIpc) is 3.06. The molecule has 0 saturated carbocycles. The van der Waals surface area contributed by atoms with Gasteiger partial charge in [0.2, 0.25) is 0 Å². The monoisotopic (exact) mass is 319 g/mol. The molecule has 1 saturated heterocycles. The quantitative estimate of drug-likeness (QED) is 0.809. The van der Waals surface area contributed by atoms with Crippen LogP contribution in [0.25, 0.3) is 5.69 Å². The summed E-state index contributed by atoms with van der Waals surface area (Å²) in [4.78, 5) is 2.45. The van der Waals surface area contributed by atoms with E-state index in [4.69, 9.17) is 4.74 Å². The SMILES string of the molecule is C[C@H](SCCN1CCOCC1)c1nnnn1-c1ccccc1. The summed E-state index contributed by atoms with van der Waals surface area (Å²) in [6.07, 6.45) is 0. The van der Waals surface area contributed by atoms with Gasteiger partial charge in [-0.15, -0.1) is 16.9 Å². The normalized spacial score (nSPS) is 17.5. The van der Waals surface area contributed by atoms with Crippen LogP contribution in [-0.4, -0.2) is 63.7 Å². The van der Waals surface area contributed by atoms with E-state index in [1.807, 2.05) is 46.8 Å². The van der Waals surface area contributed by atoms with Gasteiger partial charge in [0.25, 0.3) is 0 Å². The molecule has 0 N–H and O–H groups in total. The predicted octanol–water partition coefficient (Wildman–Crippen LogP) is 1.79. The van der Waals surface area contributed by atoms with Crippen molar-refractivity contribution in [3.05, 3.63) is 36.2 Å². The zero-order chi connectivity index (χ0) is 15.2. The van der Waals surface area contributed by atoms with E-state index in [2.05, 4.69) is 27.3 Å². The van der Waals surface area contributed by atoms with Crippen molar-refractivity contribution in [1.82, 2.24) is 25.1 Å². The van der Waals surface area contributed by atoms with E-state index in [0.717, 1.165) is 50.1 Å². The first-order chi connectivity index (χ1) is 10.8. The third kappa shape index (κ3) is 3.85. The number of morpholine rings is 1. The summed E-state index contributed by atoms with van der Waals surface area (Å²) in [6, 6.07) is 10.0. The third-order valence-corrected chi connectivity index (χ3v) is 4.87. The molecule has 0 radical (unpaired) electrons. The molecule has 1 fully saturated rings. The van der Waals surface area contributed by atoms with Crippen molar-refractivity contribution in [2.24, 2.45) is 0 Å². The molecule has 1 aromatic carbocycles. The van der Waals surface area contributed by atoms with Gasteiger partial charge in [0.1, 0.15) is 0 Å². The maximum atomic E-state index is 5.37. The Morgan fingerprint density at radius 2 is 2.00 bits per heavy atom. The highest BCUT2D eigenvalue weighted by Gasteiger charge is 2.17. The van der Waals surface area contributed by atoms with Gasteiger partial charge in [0, 0.05) is 25.4 Å². The number of hydrogen-bond acceptors (Lipinski definition) is 6. The Morgan fingerprint density at radius 1 is 1.23 bits per heavy atom. The van der Waals surface area contributed by atoms with Crippen LogP contribution >= 0.6 is 11.8 Å². The highest BCUT2D eigenvalue weighted by atomic mass is 32.2. The van der Waals surface area contributed by atoms with Crippen LogP contribution in [0.1, 0.15) is 18.0 Å². The first kappa shape index (κ1) is 15.5. The molecule has 3 rings (SSSR count). The topological polar surface area (TPSA) is 56.1 Å². The van der Waals surface area contributed by atoms with Gasteiger partial charge in [-0.2, -0.15) is 4.68 Å². The Balaban J connectivity index is 1.56. The Kier molecular flexibility index (Phi) is 5.42. The van der Waals surface area contributed by atoms with Gasteiger partial charge in [-0.25, -0.2) is 0 Å². The summed E-state index contributed by atoms with van der Waals surface area (Å²) < 4.78 is 7.20. The number of hydrogen-bond donors (Lipinski definition) is 0. The molecule has 1 aromatic heterocycles. The smallest absolute Gasteiger partial charge is 0.169 e. The van der Waals surface area contributed by atoms with Crippen molar-refractivity contribution in [2.45, 2.75) is 12.2 Å². The molecule has 0 aliphatic carbocycles. The predicted molar refractivity (Wildman–Crippen MR) is 87.3 cm³/mol. The molecule has 2 heterocycles. The van der Waals surface area contributed by atoms with E-state index < -0.39 is 0 Å². The zero-order valence-electron chi connectivity index (χ0n) is 12.8. The Bertz CT molecular complexity index is 570. The second-order valence-corrected chi connectivity index (χ2v) is 6.70. The second-order valence-electron chi connectivity index (χ2n) is 5.25. The molecule has 22 heavy (non-hydrogen) atoms. The molecule has 0 unspecified atom stereocenters. The standard InChI is InChI=1S/C15H21N5OS/c1-13(22-12-9-19-7-10-21-11-8-19)15-16-17-18-20(15)14-5-3-2-4-6-14/h2-6,13H,7-12H2,1H3/t13-/m0/s1. The molecule has 7 heteroatoms. The van der Waals surface area contributed by atoms with Crippen LogP contribution in [0.2, 0.25) is 0 Å². The van der Waals surface area contributed by atoms with Gasteiger partial charge >= 0.3 is 0 Å². The minimum Gasteiger partial charge on any atom is -0.379 e. The maximum absolute atomic E-state index is 5.37.